The zero-order chi connectivity index (χ0) is 105. The van der Waals surface area contributed by atoms with Gasteiger partial charge in [-0.3, -0.25) is 10.6 Å². The SMILES string of the molecule is CCCCCCCCNC(=O)O.CCCCCCCCNC(=O)O.FC(F)(F)F.FC(F)(F)F.FCF.FCF.O=C(O)NC1CCCCCCCCCCC1.O=C(O)NC1CCCCCCCCCCC1.O=C(O)NCCF.O=C(O)NCCF.O=C(O)Nc1ccccc1.O=C(O)Nc1ccccc1.[CH2-][C@@H]1CCCC[C@H]1[NH-].[CH2-][C@@H]1CCCC[C@H]1[NH-].[CH3-].[CH3-].[Cl][Pt+2][Cl].[Cl][Pt+2][Cl].[Cl][Pt+2][Cl].[Cl][Pt+2][Cl].[NH2-].[NH2-]. The number of anilines is 2. The van der Waals surface area contributed by atoms with E-state index in [-0.39, 0.29) is 64.4 Å². The van der Waals surface area contributed by atoms with E-state index in [2.05, 4.69) is 59.6 Å². The van der Waals surface area contributed by atoms with Gasteiger partial charge in [-0.15, -0.1) is 35.1 Å². The minimum absolute atomic E-state index is 0. The van der Waals surface area contributed by atoms with Crippen molar-refractivity contribution in [2.75, 3.05) is 64.0 Å². The van der Waals surface area contributed by atoms with Gasteiger partial charge in [0.25, 0.3) is 0 Å². The van der Waals surface area contributed by atoms with E-state index in [1.54, 1.807) is 48.5 Å². The van der Waals surface area contributed by atoms with Gasteiger partial charge in [-0.1, -0.05) is 281 Å². The molecule has 2 aromatic carbocycles. The average molecular weight is 2920 g/mol. The van der Waals surface area contributed by atoms with Crippen LogP contribution >= 0.6 is 75.3 Å². The van der Waals surface area contributed by atoms with Gasteiger partial charge >= 0.3 is 203 Å². The minimum atomic E-state index is -5.50. The molecule has 4 saturated carbocycles. The molecule has 0 spiro atoms. The molecule has 4 fully saturated rings. The average Bonchev–Trinajstić information content (AvgIpc) is 0.921. The number of hydrogen-bond donors (Lipinski definition) is 16. The largest absolute Gasteiger partial charge is 0.693 e. The Balaban J connectivity index is -0.0000000834. The summed E-state index contributed by atoms with van der Waals surface area (Å²) in [5, 5.41) is 84.1. The second kappa shape index (κ2) is 142. The van der Waals surface area contributed by atoms with Crippen LogP contribution in [-0.4, -0.2) is 180 Å². The van der Waals surface area contributed by atoms with Gasteiger partial charge < -0.3 is 125 Å². The number of amides is 8. The molecule has 0 radical (unpaired) electrons. The Morgan fingerprint density at radius 1 is 0.326 bits per heavy atom. The molecule has 840 valence electrons. The smallest absolute Gasteiger partial charge is 0.693 e. The van der Waals surface area contributed by atoms with E-state index in [9.17, 15) is 99.8 Å². The van der Waals surface area contributed by atoms with Crippen LogP contribution < -0.4 is 42.5 Å². The molecule has 28 nitrogen and oxygen atoms in total. The zero-order valence-electron chi connectivity index (χ0n) is 78.6. The molecule has 0 aliphatic heterocycles. The molecule has 22 N–H and O–H groups in total. The summed E-state index contributed by atoms with van der Waals surface area (Å²) in [4.78, 5) is 80.4. The van der Waals surface area contributed by atoms with E-state index in [1.165, 1.54) is 205 Å². The molecule has 54 heteroatoms. The second-order valence-electron chi connectivity index (χ2n) is 27.8. The Bertz CT molecular complexity index is 2550. The van der Waals surface area contributed by atoms with Crippen LogP contribution in [0.25, 0.3) is 23.8 Å². The molecule has 8 amide bonds. The number of benzene rings is 2. The van der Waals surface area contributed by atoms with E-state index in [4.69, 9.17) is 128 Å². The maximum absolute atomic E-state index is 11.0. The normalized spacial score (nSPS) is 15.2. The maximum atomic E-state index is 11.0. The summed E-state index contributed by atoms with van der Waals surface area (Å²) in [6, 6.07) is 18.2. The van der Waals surface area contributed by atoms with Crippen molar-refractivity contribution in [1.29, 1.82) is 0 Å². The van der Waals surface area contributed by atoms with Crippen molar-refractivity contribution in [3.8, 4) is 0 Å². The predicted molar refractivity (Wildman–Crippen MR) is 520 cm³/mol. The predicted octanol–water partition coefficient (Wildman–Crippen LogP) is 34.5. The van der Waals surface area contributed by atoms with Crippen molar-refractivity contribution < 1.29 is 207 Å². The van der Waals surface area contributed by atoms with Crippen LogP contribution in [0, 0.1) is 40.5 Å². The molecule has 0 aromatic heterocycles. The Kier molecular flexibility index (Phi) is 176. The van der Waals surface area contributed by atoms with Crippen LogP contribution in [0.5, 0.6) is 0 Å². The van der Waals surface area contributed by atoms with E-state index >= 15 is 0 Å². The molecule has 0 heterocycles. The van der Waals surface area contributed by atoms with Crippen molar-refractivity contribution >= 4 is 135 Å². The monoisotopic (exact) mass is 2910 g/mol. The Morgan fingerprint density at radius 3 is 0.667 bits per heavy atom. The molecule has 4 atom stereocenters. The fourth-order valence-corrected chi connectivity index (χ4v) is 11.2. The number of carboxylic acid groups (broad SMARTS) is 8. The fraction of sp³-hybridized carbons (Fsp3) is 0.714. The van der Waals surface area contributed by atoms with E-state index in [0.717, 1.165) is 64.2 Å². The second-order valence-corrected chi connectivity index (χ2v) is 40.9. The molecular weight excluding hydrogens is 2760 g/mol. The summed E-state index contributed by atoms with van der Waals surface area (Å²) in [6.07, 6.45) is 32.2. The number of unbranched alkanes of at least 4 members (excludes halogenated alkanes) is 10. The zero-order valence-corrected chi connectivity index (χ0v) is 93.7. The fourth-order valence-electron chi connectivity index (χ4n) is 11.2. The standard InChI is InChI=1S/2C13H25NO2.2C9H19NO2.2C7H7NO2.2C7H13N.2C3H6FNO2.2CF4.2CH2F2.2CH3.8ClH.2H2N.4Pt/c2*15-13(16)14-12-10-8-6-4-2-1-3-5-7-9-11-12;2*1-2-3-4-5-6-7-8-10-9(11)12;2*9-7(10)8-6-4-2-1-3-5-6;2*1-6-4-2-3-5-7(6)8;2*4-1-2-5-3(6)7;2*2-1(3,4)5;2*2-1-3;;;;;;;;;;;;;;;;/h2*12,14H,1-11H2,(H,15,16);2*10H,2-8H2,1H3,(H,11,12);2*1-5,8H,(H,9,10);2*6-8H,1-5H2;2*5H,1-2H2,(H,6,7);;;2*1H2;2*1H3;8*1H;2*1H2;;;;/q;;;;;;2*-2;;;;;;;2*-1;;;;;;;;;2*-1;4*+4/p-8/t;;;;;;2*6-,7-;;;;;;;;;;;;;;;;;;;;;;/m......11....................../s1. The van der Waals surface area contributed by atoms with Crippen molar-refractivity contribution in [1.82, 2.24) is 31.9 Å². The number of nitrogens with two attached hydrogens (primary N) is 2. The van der Waals surface area contributed by atoms with Gasteiger partial charge in [0.05, 0.1) is 0 Å². The summed E-state index contributed by atoms with van der Waals surface area (Å²) in [7, 11) is 39.0. The number of halogens is 22. The molecule has 0 saturated heterocycles. The maximum Gasteiger partial charge on any atom is -0.693 e. The Morgan fingerprint density at radius 2 is 0.507 bits per heavy atom. The van der Waals surface area contributed by atoms with Crippen LogP contribution in [0.1, 0.15) is 284 Å². The first kappa shape index (κ1) is 171. The van der Waals surface area contributed by atoms with Crippen LogP contribution in [0.15, 0.2) is 60.7 Å². The van der Waals surface area contributed by atoms with Crippen molar-refractivity contribution in [2.45, 2.75) is 321 Å². The third-order valence-corrected chi connectivity index (χ3v) is 17.1. The summed E-state index contributed by atoms with van der Waals surface area (Å²) in [5.41, 5.74) is 16.0. The van der Waals surface area contributed by atoms with Crippen LogP contribution in [0.2, 0.25) is 0 Å². The van der Waals surface area contributed by atoms with Crippen molar-refractivity contribution in [3.63, 3.8) is 0 Å². The first-order valence-corrected chi connectivity index (χ1v) is 65.1. The molecule has 2 aromatic rings. The van der Waals surface area contributed by atoms with Crippen LogP contribution in [-0.2, 0) is 65.9 Å². The summed E-state index contributed by atoms with van der Waals surface area (Å²) in [5.74, 6) is 0.840. The molecule has 0 bridgehead atoms. The number of nitrogens with one attached hydrogen (secondary N) is 10. The van der Waals surface area contributed by atoms with Gasteiger partial charge in [-0.2, -0.15) is 23.9 Å². The summed E-state index contributed by atoms with van der Waals surface area (Å²) in [6.45, 7) is 8.33. The number of rotatable bonds is 22. The van der Waals surface area contributed by atoms with Crippen molar-refractivity contribution in [2.24, 2.45) is 11.8 Å². The summed E-state index contributed by atoms with van der Waals surface area (Å²) >= 11 is -1.89. The quantitative estimate of drug-likeness (QED) is 0.0296. The topological polar surface area (TPSA) is 509 Å². The van der Waals surface area contributed by atoms with Crippen molar-refractivity contribution in [3.05, 3.63) is 113 Å². The number of alkyl halides is 14. The Hall–Kier alpha value is -3.47. The molecule has 4 aliphatic rings. The number of para-hydroxylation sites is 2. The van der Waals surface area contributed by atoms with E-state index in [1.807, 2.05) is 22.8 Å². The third-order valence-electron chi connectivity index (χ3n) is 17.1. The van der Waals surface area contributed by atoms with Crippen LogP contribution in [0.3, 0.4) is 0 Å². The molecule has 4 aliphatic carbocycles. The molecular formula is C84H154Cl8F14N12O16Pt4. The first-order valence-electron chi connectivity index (χ1n) is 42.5. The van der Waals surface area contributed by atoms with Gasteiger partial charge in [-0.25, -0.2) is 64.7 Å². The number of hydrogen-bond acceptors (Lipinski definition) is 8. The van der Waals surface area contributed by atoms with Gasteiger partial charge in [0, 0.05) is 49.6 Å². The van der Waals surface area contributed by atoms with Crippen LogP contribution in [0.4, 0.5) is 111 Å². The van der Waals surface area contributed by atoms with Gasteiger partial charge in [0.1, 0.15) is 13.3 Å². The minimum Gasteiger partial charge on any atom is -0.693 e. The number of carbonyl (C=O) groups is 8. The summed E-state index contributed by atoms with van der Waals surface area (Å²) < 4.78 is 138. The van der Waals surface area contributed by atoms with E-state index < -0.39 is 155 Å². The molecule has 0 unspecified atom stereocenters. The van der Waals surface area contributed by atoms with Gasteiger partial charge in [0.2, 0.25) is 13.9 Å². The molecule has 138 heavy (non-hydrogen) atoms. The van der Waals surface area contributed by atoms with Gasteiger partial charge in [-0.05, 0) is 62.8 Å². The van der Waals surface area contributed by atoms with Gasteiger partial charge in [0.15, 0.2) is 0 Å². The van der Waals surface area contributed by atoms with E-state index in [0.29, 0.717) is 36.3 Å². The third kappa shape index (κ3) is 210. The Labute approximate surface area is 876 Å². The molecule has 6 rings (SSSR count). The first-order chi connectivity index (χ1) is 63.3.